The zero-order valence-corrected chi connectivity index (χ0v) is 14.4. The molecule has 1 rings (SSSR count). The molecule has 1 fully saturated rings. The van der Waals surface area contributed by atoms with Crippen LogP contribution in [0.1, 0.15) is 58.3 Å². The SMILES string of the molecule is CCCCC/C=C/CCCCCOC[C@@H](O)[C@@H]1OC[C@H](O)[C@@H]1O. The average molecular weight is 330 g/mol. The van der Waals surface area contributed by atoms with Crippen LogP contribution in [-0.4, -0.2) is 59.6 Å². The van der Waals surface area contributed by atoms with Crippen LogP contribution in [0, 0.1) is 0 Å². The Morgan fingerprint density at radius 1 is 1.09 bits per heavy atom. The summed E-state index contributed by atoms with van der Waals surface area (Å²) in [6, 6.07) is 0. The molecule has 3 N–H and O–H groups in total. The van der Waals surface area contributed by atoms with E-state index in [1.807, 2.05) is 0 Å². The highest BCUT2D eigenvalue weighted by Crippen LogP contribution is 2.17. The van der Waals surface area contributed by atoms with Crippen molar-refractivity contribution in [1.82, 2.24) is 0 Å². The molecule has 0 aromatic carbocycles. The third-order valence-corrected chi connectivity index (χ3v) is 4.16. The van der Waals surface area contributed by atoms with Crippen LogP contribution in [0.5, 0.6) is 0 Å². The maximum Gasteiger partial charge on any atom is 0.114 e. The number of aliphatic hydroxyl groups excluding tert-OH is 3. The predicted octanol–water partition coefficient (Wildman–Crippen LogP) is 2.18. The lowest BCUT2D eigenvalue weighted by Crippen LogP contribution is -2.40. The highest BCUT2D eigenvalue weighted by molar-refractivity contribution is 4.87. The van der Waals surface area contributed by atoms with Crippen LogP contribution < -0.4 is 0 Å². The summed E-state index contributed by atoms with van der Waals surface area (Å²) in [6.07, 6.45) is 10.4. The Balaban J connectivity index is 1.90. The third kappa shape index (κ3) is 8.82. The summed E-state index contributed by atoms with van der Waals surface area (Å²) in [5.74, 6) is 0. The standard InChI is InChI=1S/C18H34O5/c1-2-3-4-5-6-7-8-9-10-11-12-22-13-16(20)18-17(21)15(19)14-23-18/h6-7,15-21H,2-5,8-14H2,1H3/b7-6+/t15-,16+,17-,18-/m0/s1. The van der Waals surface area contributed by atoms with Gasteiger partial charge in [-0.15, -0.1) is 0 Å². The molecule has 0 amide bonds. The van der Waals surface area contributed by atoms with E-state index in [2.05, 4.69) is 19.1 Å². The van der Waals surface area contributed by atoms with E-state index in [4.69, 9.17) is 9.47 Å². The molecule has 23 heavy (non-hydrogen) atoms. The molecule has 0 aromatic rings. The maximum atomic E-state index is 9.87. The fraction of sp³-hybridized carbons (Fsp3) is 0.889. The summed E-state index contributed by atoms with van der Waals surface area (Å²) in [5.41, 5.74) is 0. The second-order valence-corrected chi connectivity index (χ2v) is 6.31. The van der Waals surface area contributed by atoms with Crippen molar-refractivity contribution in [3.63, 3.8) is 0 Å². The zero-order chi connectivity index (χ0) is 16.9. The van der Waals surface area contributed by atoms with Gasteiger partial charge in [0.05, 0.1) is 13.2 Å². The van der Waals surface area contributed by atoms with Gasteiger partial charge >= 0.3 is 0 Å². The lowest BCUT2D eigenvalue weighted by Gasteiger charge is -2.20. The van der Waals surface area contributed by atoms with Crippen molar-refractivity contribution >= 4 is 0 Å². The van der Waals surface area contributed by atoms with Crippen LogP contribution in [0.3, 0.4) is 0 Å². The van der Waals surface area contributed by atoms with Gasteiger partial charge in [0, 0.05) is 6.61 Å². The molecule has 1 saturated heterocycles. The van der Waals surface area contributed by atoms with Crippen molar-refractivity contribution in [1.29, 1.82) is 0 Å². The quantitative estimate of drug-likeness (QED) is 0.356. The topological polar surface area (TPSA) is 79.2 Å². The normalized spacial score (nSPS) is 26.2. The molecule has 136 valence electrons. The molecular formula is C18H34O5. The second-order valence-electron chi connectivity index (χ2n) is 6.31. The van der Waals surface area contributed by atoms with Crippen LogP contribution >= 0.6 is 0 Å². The van der Waals surface area contributed by atoms with Crippen LogP contribution in [0.25, 0.3) is 0 Å². The van der Waals surface area contributed by atoms with E-state index in [0.717, 1.165) is 25.7 Å². The number of rotatable bonds is 13. The molecule has 1 heterocycles. The van der Waals surface area contributed by atoms with E-state index < -0.39 is 24.4 Å². The lowest BCUT2D eigenvalue weighted by atomic mass is 10.1. The van der Waals surface area contributed by atoms with Gasteiger partial charge < -0.3 is 24.8 Å². The van der Waals surface area contributed by atoms with E-state index in [9.17, 15) is 15.3 Å². The molecule has 5 heteroatoms. The van der Waals surface area contributed by atoms with Gasteiger partial charge in [0.15, 0.2) is 0 Å². The number of allylic oxidation sites excluding steroid dienone is 2. The van der Waals surface area contributed by atoms with Crippen molar-refractivity contribution in [2.75, 3.05) is 19.8 Å². The highest BCUT2D eigenvalue weighted by atomic mass is 16.5. The average Bonchev–Trinajstić information content (AvgIpc) is 2.88. The minimum absolute atomic E-state index is 0.0643. The van der Waals surface area contributed by atoms with Gasteiger partial charge in [0.1, 0.15) is 24.4 Å². The smallest absolute Gasteiger partial charge is 0.114 e. The van der Waals surface area contributed by atoms with Crippen LogP contribution in [-0.2, 0) is 9.47 Å². The Kier molecular flexibility index (Phi) is 11.5. The summed E-state index contributed by atoms with van der Waals surface area (Å²) in [5, 5.41) is 28.8. The first-order valence-corrected chi connectivity index (χ1v) is 9.05. The highest BCUT2D eigenvalue weighted by Gasteiger charge is 2.39. The van der Waals surface area contributed by atoms with E-state index in [1.165, 1.54) is 25.7 Å². The Labute approximate surface area is 140 Å². The van der Waals surface area contributed by atoms with E-state index in [0.29, 0.717) is 6.61 Å². The summed E-state index contributed by atoms with van der Waals surface area (Å²) < 4.78 is 10.6. The molecule has 1 aliphatic heterocycles. The van der Waals surface area contributed by atoms with Gasteiger partial charge in [-0.2, -0.15) is 0 Å². The predicted molar refractivity (Wildman–Crippen MR) is 90.3 cm³/mol. The summed E-state index contributed by atoms with van der Waals surface area (Å²) in [4.78, 5) is 0. The minimum atomic E-state index is -1.03. The number of ether oxygens (including phenoxy) is 2. The molecule has 0 spiro atoms. The van der Waals surface area contributed by atoms with Crippen molar-refractivity contribution < 1.29 is 24.8 Å². The first-order chi connectivity index (χ1) is 11.2. The largest absolute Gasteiger partial charge is 0.388 e. The second kappa shape index (κ2) is 12.9. The number of aliphatic hydroxyl groups is 3. The lowest BCUT2D eigenvalue weighted by molar-refractivity contribution is -0.0813. The molecule has 0 radical (unpaired) electrons. The van der Waals surface area contributed by atoms with Crippen molar-refractivity contribution in [2.24, 2.45) is 0 Å². The van der Waals surface area contributed by atoms with Crippen molar-refractivity contribution in [3.05, 3.63) is 12.2 Å². The van der Waals surface area contributed by atoms with Crippen LogP contribution in [0.2, 0.25) is 0 Å². The maximum absolute atomic E-state index is 9.87. The molecular weight excluding hydrogens is 296 g/mol. The fourth-order valence-electron chi connectivity index (χ4n) is 2.65. The molecule has 0 bridgehead atoms. The summed E-state index contributed by atoms with van der Waals surface area (Å²) in [7, 11) is 0. The molecule has 0 saturated carbocycles. The summed E-state index contributed by atoms with van der Waals surface area (Å²) >= 11 is 0. The molecule has 1 aliphatic rings. The van der Waals surface area contributed by atoms with E-state index in [1.54, 1.807) is 0 Å². The Morgan fingerprint density at radius 3 is 2.39 bits per heavy atom. The van der Waals surface area contributed by atoms with Gasteiger partial charge in [-0.05, 0) is 32.1 Å². The molecule has 4 atom stereocenters. The Bertz CT molecular complexity index is 308. The minimum Gasteiger partial charge on any atom is -0.388 e. The van der Waals surface area contributed by atoms with Gasteiger partial charge in [0.2, 0.25) is 0 Å². The van der Waals surface area contributed by atoms with Crippen molar-refractivity contribution in [3.8, 4) is 0 Å². The molecule has 0 unspecified atom stereocenters. The van der Waals surface area contributed by atoms with Crippen LogP contribution in [0.4, 0.5) is 0 Å². The van der Waals surface area contributed by atoms with E-state index in [-0.39, 0.29) is 13.2 Å². The van der Waals surface area contributed by atoms with Gasteiger partial charge in [-0.3, -0.25) is 0 Å². The van der Waals surface area contributed by atoms with Crippen LogP contribution in [0.15, 0.2) is 12.2 Å². The Hall–Kier alpha value is -0.460. The Morgan fingerprint density at radius 2 is 1.78 bits per heavy atom. The van der Waals surface area contributed by atoms with Gasteiger partial charge in [0.25, 0.3) is 0 Å². The van der Waals surface area contributed by atoms with Gasteiger partial charge in [-0.1, -0.05) is 38.3 Å². The molecule has 0 aromatic heterocycles. The van der Waals surface area contributed by atoms with E-state index >= 15 is 0 Å². The monoisotopic (exact) mass is 330 g/mol. The number of unbranched alkanes of at least 4 members (excludes halogenated alkanes) is 6. The zero-order valence-electron chi connectivity index (χ0n) is 14.4. The van der Waals surface area contributed by atoms with Gasteiger partial charge in [-0.25, -0.2) is 0 Å². The summed E-state index contributed by atoms with van der Waals surface area (Å²) in [6.45, 7) is 3.01. The molecule has 0 aliphatic carbocycles. The third-order valence-electron chi connectivity index (χ3n) is 4.16. The van der Waals surface area contributed by atoms with Crippen molar-refractivity contribution in [2.45, 2.75) is 82.7 Å². The fourth-order valence-corrected chi connectivity index (χ4v) is 2.65. The number of hydrogen-bond acceptors (Lipinski definition) is 5. The first-order valence-electron chi connectivity index (χ1n) is 9.05. The first kappa shape index (κ1) is 20.6. The number of hydrogen-bond donors (Lipinski definition) is 3. The molecule has 5 nitrogen and oxygen atoms in total.